The number of fused-ring (bicyclic) bond motifs is 1. The number of thioether (sulfide) groups is 1. The summed E-state index contributed by atoms with van der Waals surface area (Å²) in [6.45, 7) is 2.93. The van der Waals surface area contributed by atoms with Crippen molar-refractivity contribution in [3.63, 3.8) is 0 Å². The van der Waals surface area contributed by atoms with Crippen LogP contribution in [-0.2, 0) is 0 Å². The molecular weight excluding hydrogens is 182 g/mol. The van der Waals surface area contributed by atoms with E-state index in [1.54, 1.807) is 11.8 Å². The van der Waals surface area contributed by atoms with Gasteiger partial charge in [0.15, 0.2) is 0 Å². The van der Waals surface area contributed by atoms with Gasteiger partial charge in [0.2, 0.25) is 0 Å². The summed E-state index contributed by atoms with van der Waals surface area (Å²) in [6, 6.07) is 8.22. The van der Waals surface area contributed by atoms with E-state index in [9.17, 15) is 5.11 Å². The van der Waals surface area contributed by atoms with Gasteiger partial charge in [0.05, 0.1) is 5.69 Å². The van der Waals surface area contributed by atoms with Crippen LogP contribution in [0, 0.1) is 0 Å². The van der Waals surface area contributed by atoms with Crippen LogP contribution in [0.4, 0.5) is 5.69 Å². The molecule has 70 valence electrons. The zero-order chi connectivity index (χ0) is 9.26. The molecule has 3 heteroatoms. The van der Waals surface area contributed by atoms with Crippen molar-refractivity contribution in [2.75, 3.05) is 17.2 Å². The highest BCUT2D eigenvalue weighted by Crippen LogP contribution is 2.35. The Balaban J connectivity index is 2.39. The zero-order valence-electron chi connectivity index (χ0n) is 7.60. The summed E-state index contributed by atoms with van der Waals surface area (Å²) < 4.78 is 0. The Morgan fingerprint density at radius 2 is 2.31 bits per heavy atom. The summed E-state index contributed by atoms with van der Waals surface area (Å²) in [6.07, 6.45) is -0.329. The molecule has 0 bridgehead atoms. The van der Waals surface area contributed by atoms with E-state index >= 15 is 0 Å². The minimum atomic E-state index is -0.329. The molecule has 1 aliphatic rings. The van der Waals surface area contributed by atoms with Gasteiger partial charge in [-0.1, -0.05) is 12.1 Å². The van der Waals surface area contributed by atoms with Gasteiger partial charge in [-0.05, 0) is 19.1 Å². The molecule has 1 aromatic rings. The zero-order valence-corrected chi connectivity index (χ0v) is 8.42. The molecule has 0 fully saturated rings. The largest absolute Gasteiger partial charge is 0.373 e. The first-order valence-corrected chi connectivity index (χ1v) is 5.48. The highest BCUT2D eigenvalue weighted by atomic mass is 32.2. The molecule has 1 aliphatic heterocycles. The lowest BCUT2D eigenvalue weighted by Crippen LogP contribution is -2.39. The third kappa shape index (κ3) is 1.54. The Morgan fingerprint density at radius 1 is 1.54 bits per heavy atom. The number of nitrogens with zero attached hydrogens (tertiary/aromatic N) is 1. The van der Waals surface area contributed by atoms with E-state index in [1.165, 1.54) is 4.90 Å². The van der Waals surface area contributed by atoms with E-state index in [1.807, 2.05) is 17.0 Å². The molecule has 0 aromatic heterocycles. The second-order valence-corrected chi connectivity index (χ2v) is 4.11. The molecule has 1 aromatic carbocycles. The number of para-hydroxylation sites is 1. The van der Waals surface area contributed by atoms with E-state index in [0.29, 0.717) is 0 Å². The van der Waals surface area contributed by atoms with E-state index in [-0.39, 0.29) is 6.23 Å². The van der Waals surface area contributed by atoms with Crippen LogP contribution in [0.1, 0.15) is 6.92 Å². The third-order valence-corrected chi connectivity index (χ3v) is 3.38. The van der Waals surface area contributed by atoms with Gasteiger partial charge in [0.1, 0.15) is 6.23 Å². The van der Waals surface area contributed by atoms with Crippen LogP contribution in [0.15, 0.2) is 29.2 Å². The van der Waals surface area contributed by atoms with Crippen LogP contribution in [-0.4, -0.2) is 23.6 Å². The molecule has 0 amide bonds. The van der Waals surface area contributed by atoms with Crippen LogP contribution in [0.5, 0.6) is 0 Å². The first kappa shape index (κ1) is 8.91. The Morgan fingerprint density at radius 3 is 3.08 bits per heavy atom. The van der Waals surface area contributed by atoms with Crippen molar-refractivity contribution in [2.24, 2.45) is 0 Å². The molecule has 0 radical (unpaired) electrons. The third-order valence-electron chi connectivity index (χ3n) is 2.26. The first-order chi connectivity index (χ1) is 6.33. The van der Waals surface area contributed by atoms with Crippen molar-refractivity contribution >= 4 is 17.4 Å². The monoisotopic (exact) mass is 195 g/mol. The molecule has 0 aliphatic carbocycles. The molecule has 1 N–H and O–H groups in total. The van der Waals surface area contributed by atoms with E-state index in [2.05, 4.69) is 19.1 Å². The number of aliphatic hydroxyl groups is 1. The summed E-state index contributed by atoms with van der Waals surface area (Å²) in [5.41, 5.74) is 1.16. The molecule has 1 atom stereocenters. The van der Waals surface area contributed by atoms with Crippen molar-refractivity contribution < 1.29 is 5.11 Å². The Bertz CT molecular complexity index is 303. The van der Waals surface area contributed by atoms with Crippen LogP contribution in [0.25, 0.3) is 0 Å². The quantitative estimate of drug-likeness (QED) is 0.740. The Hall–Kier alpha value is -0.670. The second-order valence-electron chi connectivity index (χ2n) is 3.05. The summed E-state index contributed by atoms with van der Waals surface area (Å²) >= 11 is 1.72. The van der Waals surface area contributed by atoms with Crippen LogP contribution >= 0.6 is 11.8 Å². The minimum absolute atomic E-state index is 0.329. The predicted molar refractivity (Wildman–Crippen MR) is 56.2 cm³/mol. The molecule has 13 heavy (non-hydrogen) atoms. The SMILES string of the molecule is CCN1c2ccccc2SCC1O. The van der Waals surface area contributed by atoms with Gasteiger partial charge in [0, 0.05) is 17.2 Å². The molecule has 1 heterocycles. The number of rotatable bonds is 1. The average Bonchev–Trinajstić information content (AvgIpc) is 2.18. The van der Waals surface area contributed by atoms with Gasteiger partial charge < -0.3 is 10.0 Å². The van der Waals surface area contributed by atoms with Gasteiger partial charge >= 0.3 is 0 Å². The minimum Gasteiger partial charge on any atom is -0.373 e. The standard InChI is InChI=1S/C10H13NOS/c1-2-11-8-5-3-4-6-9(8)13-7-10(11)12/h3-6,10,12H,2,7H2,1H3. The smallest absolute Gasteiger partial charge is 0.136 e. The summed E-state index contributed by atoms with van der Waals surface area (Å²) in [4.78, 5) is 3.31. The molecule has 0 saturated carbocycles. The molecule has 0 saturated heterocycles. The summed E-state index contributed by atoms with van der Waals surface area (Å²) in [5, 5.41) is 9.72. The maximum atomic E-state index is 9.72. The van der Waals surface area contributed by atoms with Crippen molar-refractivity contribution in [1.82, 2.24) is 0 Å². The van der Waals surface area contributed by atoms with Gasteiger partial charge in [-0.25, -0.2) is 0 Å². The number of aliphatic hydroxyl groups excluding tert-OH is 1. The van der Waals surface area contributed by atoms with Gasteiger partial charge in [-0.15, -0.1) is 11.8 Å². The van der Waals surface area contributed by atoms with Gasteiger partial charge in [0.25, 0.3) is 0 Å². The topological polar surface area (TPSA) is 23.5 Å². The normalized spacial score (nSPS) is 21.4. The molecule has 1 unspecified atom stereocenters. The first-order valence-electron chi connectivity index (χ1n) is 4.49. The lowest BCUT2D eigenvalue weighted by atomic mass is 10.2. The lowest BCUT2D eigenvalue weighted by molar-refractivity contribution is 0.192. The highest BCUT2D eigenvalue weighted by molar-refractivity contribution is 7.99. The summed E-state index contributed by atoms with van der Waals surface area (Å²) in [5.74, 6) is 0.769. The predicted octanol–water partition coefficient (Wildman–Crippen LogP) is 1.94. The number of hydrogen-bond acceptors (Lipinski definition) is 3. The van der Waals surface area contributed by atoms with Gasteiger partial charge in [-0.2, -0.15) is 0 Å². The van der Waals surface area contributed by atoms with Crippen molar-refractivity contribution in [2.45, 2.75) is 18.0 Å². The molecule has 2 rings (SSSR count). The molecule has 2 nitrogen and oxygen atoms in total. The van der Waals surface area contributed by atoms with Crippen molar-refractivity contribution in [1.29, 1.82) is 0 Å². The lowest BCUT2D eigenvalue weighted by Gasteiger charge is -2.34. The number of anilines is 1. The number of benzene rings is 1. The molecular formula is C10H13NOS. The second kappa shape index (κ2) is 3.60. The van der Waals surface area contributed by atoms with E-state index < -0.39 is 0 Å². The fourth-order valence-electron chi connectivity index (χ4n) is 1.61. The number of hydrogen-bond donors (Lipinski definition) is 1. The van der Waals surface area contributed by atoms with Crippen molar-refractivity contribution in [3.05, 3.63) is 24.3 Å². The van der Waals surface area contributed by atoms with Gasteiger partial charge in [-0.3, -0.25) is 0 Å². The summed E-state index contributed by atoms with van der Waals surface area (Å²) in [7, 11) is 0. The van der Waals surface area contributed by atoms with Crippen LogP contribution in [0.2, 0.25) is 0 Å². The maximum absolute atomic E-state index is 9.72. The fourth-order valence-corrected chi connectivity index (χ4v) is 2.63. The molecule has 0 spiro atoms. The Kier molecular flexibility index (Phi) is 2.47. The highest BCUT2D eigenvalue weighted by Gasteiger charge is 2.22. The van der Waals surface area contributed by atoms with Crippen LogP contribution < -0.4 is 4.90 Å². The fraction of sp³-hybridized carbons (Fsp3) is 0.400. The van der Waals surface area contributed by atoms with Crippen LogP contribution in [0.3, 0.4) is 0 Å². The van der Waals surface area contributed by atoms with Crippen molar-refractivity contribution in [3.8, 4) is 0 Å². The maximum Gasteiger partial charge on any atom is 0.136 e. The average molecular weight is 195 g/mol. The van der Waals surface area contributed by atoms with E-state index in [0.717, 1.165) is 18.0 Å². The van der Waals surface area contributed by atoms with E-state index in [4.69, 9.17) is 0 Å². The Labute approximate surface area is 82.6 Å².